The molecular formula is C19H20ClNO3. The van der Waals surface area contributed by atoms with Gasteiger partial charge in [0.1, 0.15) is 0 Å². The Labute approximate surface area is 146 Å². The van der Waals surface area contributed by atoms with Gasteiger partial charge in [0.15, 0.2) is 0 Å². The lowest BCUT2D eigenvalue weighted by atomic mass is 10.0. The molecule has 5 heteroatoms. The van der Waals surface area contributed by atoms with Crippen LogP contribution in [0.2, 0.25) is 5.02 Å². The van der Waals surface area contributed by atoms with Gasteiger partial charge in [-0.15, -0.1) is 0 Å². The summed E-state index contributed by atoms with van der Waals surface area (Å²) in [5.41, 5.74) is 3.91. The van der Waals surface area contributed by atoms with Crippen LogP contribution in [0.1, 0.15) is 34.0 Å². The molecule has 126 valence electrons. The molecule has 0 radical (unpaired) electrons. The van der Waals surface area contributed by atoms with Crippen LogP contribution in [0.3, 0.4) is 0 Å². The van der Waals surface area contributed by atoms with Crippen molar-refractivity contribution in [3.8, 4) is 0 Å². The second-order valence-electron chi connectivity index (χ2n) is 5.57. The van der Waals surface area contributed by atoms with Crippen molar-refractivity contribution < 1.29 is 14.3 Å². The number of amides is 1. The highest BCUT2D eigenvalue weighted by Crippen LogP contribution is 2.22. The fourth-order valence-electron chi connectivity index (χ4n) is 2.34. The van der Waals surface area contributed by atoms with E-state index in [0.29, 0.717) is 10.7 Å². The van der Waals surface area contributed by atoms with E-state index in [-0.39, 0.29) is 24.5 Å². The highest BCUT2D eigenvalue weighted by Gasteiger charge is 2.14. The molecule has 0 aliphatic carbocycles. The van der Waals surface area contributed by atoms with Gasteiger partial charge >= 0.3 is 5.97 Å². The molecule has 0 saturated carbocycles. The van der Waals surface area contributed by atoms with Crippen molar-refractivity contribution in [1.82, 2.24) is 0 Å². The van der Waals surface area contributed by atoms with Gasteiger partial charge in [-0.25, -0.2) is 4.79 Å². The van der Waals surface area contributed by atoms with E-state index in [0.717, 1.165) is 16.7 Å². The molecule has 1 amide bonds. The minimum Gasteiger partial charge on any atom is -0.462 e. The number of aryl methyl sites for hydroxylation is 2. The maximum Gasteiger partial charge on any atom is 0.339 e. The Bertz CT molecular complexity index is 771. The first-order chi connectivity index (χ1) is 11.4. The molecule has 2 aromatic carbocycles. The monoisotopic (exact) mass is 345 g/mol. The van der Waals surface area contributed by atoms with Crippen LogP contribution in [0.15, 0.2) is 36.4 Å². The lowest BCUT2D eigenvalue weighted by molar-refractivity contribution is -0.115. The van der Waals surface area contributed by atoms with Crippen LogP contribution in [-0.2, 0) is 16.0 Å². The molecular weight excluding hydrogens is 326 g/mol. The average molecular weight is 346 g/mol. The van der Waals surface area contributed by atoms with Gasteiger partial charge in [0.05, 0.1) is 23.6 Å². The first-order valence-electron chi connectivity index (χ1n) is 7.73. The molecule has 0 heterocycles. The van der Waals surface area contributed by atoms with Gasteiger partial charge in [0.2, 0.25) is 5.91 Å². The number of esters is 1. The van der Waals surface area contributed by atoms with Gasteiger partial charge in [0, 0.05) is 5.69 Å². The summed E-state index contributed by atoms with van der Waals surface area (Å²) < 4.78 is 4.96. The molecule has 0 spiro atoms. The van der Waals surface area contributed by atoms with Gasteiger partial charge < -0.3 is 10.1 Å². The Morgan fingerprint density at radius 2 is 1.88 bits per heavy atom. The zero-order valence-corrected chi connectivity index (χ0v) is 14.7. The number of anilines is 1. The van der Waals surface area contributed by atoms with Crippen molar-refractivity contribution in [3.05, 3.63) is 63.7 Å². The van der Waals surface area contributed by atoms with Crippen LogP contribution in [0, 0.1) is 13.8 Å². The number of nitrogens with one attached hydrogen (secondary N) is 1. The molecule has 4 nitrogen and oxygen atoms in total. The summed E-state index contributed by atoms with van der Waals surface area (Å²) in [5.74, 6) is -0.658. The quantitative estimate of drug-likeness (QED) is 0.821. The SMILES string of the molecule is CCOC(=O)c1cc(NC(=O)Cc2cc(C)ccc2C)ccc1Cl. The summed E-state index contributed by atoms with van der Waals surface area (Å²) in [6.45, 7) is 5.95. The molecule has 0 aliphatic heterocycles. The smallest absolute Gasteiger partial charge is 0.339 e. The molecule has 0 fully saturated rings. The van der Waals surface area contributed by atoms with E-state index in [2.05, 4.69) is 5.32 Å². The second-order valence-corrected chi connectivity index (χ2v) is 5.98. The first kappa shape index (κ1) is 18.0. The van der Waals surface area contributed by atoms with Crippen molar-refractivity contribution >= 4 is 29.2 Å². The number of carbonyl (C=O) groups excluding carboxylic acids is 2. The number of rotatable bonds is 5. The number of carbonyl (C=O) groups is 2. The molecule has 24 heavy (non-hydrogen) atoms. The predicted octanol–water partition coefficient (Wildman–Crippen LogP) is 4.31. The van der Waals surface area contributed by atoms with Crippen molar-refractivity contribution in [2.75, 3.05) is 11.9 Å². The predicted molar refractivity (Wildman–Crippen MR) is 95.7 cm³/mol. The highest BCUT2D eigenvalue weighted by atomic mass is 35.5. The molecule has 0 unspecified atom stereocenters. The topological polar surface area (TPSA) is 55.4 Å². The third kappa shape index (κ3) is 4.59. The van der Waals surface area contributed by atoms with Crippen LogP contribution in [-0.4, -0.2) is 18.5 Å². The zero-order chi connectivity index (χ0) is 17.7. The molecule has 0 atom stereocenters. The summed E-state index contributed by atoms with van der Waals surface area (Å²) in [6.07, 6.45) is 0.269. The largest absolute Gasteiger partial charge is 0.462 e. The van der Waals surface area contributed by atoms with Gasteiger partial charge in [-0.3, -0.25) is 4.79 Å². The van der Waals surface area contributed by atoms with Crippen LogP contribution >= 0.6 is 11.6 Å². The molecule has 2 rings (SSSR count). The number of hydrogen-bond donors (Lipinski definition) is 1. The number of halogens is 1. The average Bonchev–Trinajstić information content (AvgIpc) is 2.53. The first-order valence-corrected chi connectivity index (χ1v) is 8.11. The van der Waals surface area contributed by atoms with E-state index in [1.165, 1.54) is 6.07 Å². The number of hydrogen-bond acceptors (Lipinski definition) is 3. The minimum absolute atomic E-state index is 0.152. The summed E-state index contributed by atoms with van der Waals surface area (Å²) in [4.78, 5) is 24.1. The summed E-state index contributed by atoms with van der Waals surface area (Å²) in [5, 5.41) is 3.09. The highest BCUT2D eigenvalue weighted by molar-refractivity contribution is 6.33. The fraction of sp³-hybridized carbons (Fsp3) is 0.263. The minimum atomic E-state index is -0.506. The Morgan fingerprint density at radius 3 is 2.58 bits per heavy atom. The maximum absolute atomic E-state index is 12.3. The summed E-state index contributed by atoms with van der Waals surface area (Å²) in [7, 11) is 0. The molecule has 0 aliphatic rings. The third-order valence-corrected chi connectivity index (χ3v) is 3.93. The standard InChI is InChI=1S/C19H20ClNO3/c1-4-24-19(23)16-11-15(7-8-17(16)20)21-18(22)10-14-9-12(2)5-6-13(14)3/h5-9,11H,4,10H2,1-3H3,(H,21,22). The Hall–Kier alpha value is -2.33. The van der Waals surface area contributed by atoms with Crippen molar-refractivity contribution in [2.45, 2.75) is 27.2 Å². The number of ether oxygens (including phenoxy) is 1. The Balaban J connectivity index is 2.13. The van der Waals surface area contributed by atoms with E-state index >= 15 is 0 Å². The van der Waals surface area contributed by atoms with Gasteiger partial charge in [0.25, 0.3) is 0 Å². The Kier molecular flexibility index (Phi) is 5.99. The van der Waals surface area contributed by atoms with E-state index in [4.69, 9.17) is 16.3 Å². The maximum atomic E-state index is 12.3. The van der Waals surface area contributed by atoms with Crippen LogP contribution < -0.4 is 5.32 Å². The van der Waals surface area contributed by atoms with Crippen LogP contribution in [0.25, 0.3) is 0 Å². The molecule has 1 N–H and O–H groups in total. The third-order valence-electron chi connectivity index (χ3n) is 3.60. The van der Waals surface area contributed by atoms with Crippen molar-refractivity contribution in [2.24, 2.45) is 0 Å². The van der Waals surface area contributed by atoms with E-state index in [9.17, 15) is 9.59 Å². The van der Waals surface area contributed by atoms with Crippen LogP contribution in [0.4, 0.5) is 5.69 Å². The summed E-state index contributed by atoms with van der Waals surface area (Å²) >= 11 is 6.02. The van der Waals surface area contributed by atoms with Crippen molar-refractivity contribution in [1.29, 1.82) is 0 Å². The molecule has 0 saturated heterocycles. The molecule has 2 aromatic rings. The Morgan fingerprint density at radius 1 is 1.12 bits per heavy atom. The lowest BCUT2D eigenvalue weighted by Gasteiger charge is -2.10. The van der Waals surface area contributed by atoms with Gasteiger partial charge in [-0.2, -0.15) is 0 Å². The zero-order valence-electron chi connectivity index (χ0n) is 14.0. The summed E-state index contributed by atoms with van der Waals surface area (Å²) in [6, 6.07) is 10.8. The van der Waals surface area contributed by atoms with Crippen molar-refractivity contribution in [3.63, 3.8) is 0 Å². The normalized spacial score (nSPS) is 10.3. The fourth-order valence-corrected chi connectivity index (χ4v) is 2.53. The van der Waals surface area contributed by atoms with Gasteiger partial charge in [-0.05, 0) is 50.1 Å². The van der Waals surface area contributed by atoms with Gasteiger partial charge in [-0.1, -0.05) is 35.4 Å². The van der Waals surface area contributed by atoms with E-state index in [1.54, 1.807) is 19.1 Å². The van der Waals surface area contributed by atoms with E-state index < -0.39 is 5.97 Å². The molecule has 0 bridgehead atoms. The van der Waals surface area contributed by atoms with Crippen LogP contribution in [0.5, 0.6) is 0 Å². The lowest BCUT2D eigenvalue weighted by Crippen LogP contribution is -2.16. The molecule has 0 aromatic heterocycles. The number of benzene rings is 2. The van der Waals surface area contributed by atoms with E-state index in [1.807, 2.05) is 32.0 Å². The second kappa shape index (κ2) is 7.97.